The molecule has 1 aromatic heterocycles. The minimum atomic E-state index is -0.636. The van der Waals surface area contributed by atoms with Gasteiger partial charge in [0.15, 0.2) is 0 Å². The molecule has 1 unspecified atom stereocenters. The van der Waals surface area contributed by atoms with Gasteiger partial charge in [-0.3, -0.25) is 4.79 Å². The average molecular weight is 217 g/mol. The minimum absolute atomic E-state index is 0.00421. The Morgan fingerprint density at radius 2 is 2.19 bits per heavy atom. The molecule has 0 saturated heterocycles. The molecule has 0 radical (unpaired) electrons. The largest absolute Gasteiger partial charge is 0.310 e. The topological polar surface area (TPSA) is 65.8 Å². The van der Waals surface area contributed by atoms with Crippen molar-refractivity contribution in [3.63, 3.8) is 0 Å². The van der Waals surface area contributed by atoms with Gasteiger partial charge in [-0.15, -0.1) is 0 Å². The first-order valence-corrected chi connectivity index (χ1v) is 5.17. The summed E-state index contributed by atoms with van der Waals surface area (Å²) in [4.78, 5) is 15.7. The lowest BCUT2D eigenvalue weighted by Crippen LogP contribution is -2.26. The SMILES string of the molecule is Cc1ccc(NC(=O)C(C#N)C(C)C)nc1. The van der Waals surface area contributed by atoms with Crippen LogP contribution in [0.1, 0.15) is 19.4 Å². The van der Waals surface area contributed by atoms with Crippen molar-refractivity contribution in [1.29, 1.82) is 5.26 Å². The highest BCUT2D eigenvalue weighted by atomic mass is 16.1. The van der Waals surface area contributed by atoms with Crippen molar-refractivity contribution in [1.82, 2.24) is 4.98 Å². The van der Waals surface area contributed by atoms with E-state index in [1.165, 1.54) is 0 Å². The molecule has 1 atom stereocenters. The van der Waals surface area contributed by atoms with Crippen LogP contribution in [-0.2, 0) is 4.79 Å². The van der Waals surface area contributed by atoms with Crippen molar-refractivity contribution < 1.29 is 4.79 Å². The molecule has 84 valence electrons. The van der Waals surface area contributed by atoms with Crippen LogP contribution >= 0.6 is 0 Å². The Kier molecular flexibility index (Phi) is 4.01. The van der Waals surface area contributed by atoms with Crippen molar-refractivity contribution in [3.8, 4) is 6.07 Å². The molecule has 1 heterocycles. The highest BCUT2D eigenvalue weighted by Gasteiger charge is 2.21. The lowest BCUT2D eigenvalue weighted by atomic mass is 9.97. The zero-order valence-corrected chi connectivity index (χ0v) is 9.69. The van der Waals surface area contributed by atoms with Gasteiger partial charge in [0.2, 0.25) is 5.91 Å². The quantitative estimate of drug-likeness (QED) is 0.843. The molecule has 4 heteroatoms. The number of nitrogens with zero attached hydrogens (tertiary/aromatic N) is 2. The summed E-state index contributed by atoms with van der Waals surface area (Å²) in [5, 5.41) is 11.5. The van der Waals surface area contributed by atoms with Gasteiger partial charge in [-0.1, -0.05) is 19.9 Å². The van der Waals surface area contributed by atoms with Gasteiger partial charge >= 0.3 is 0 Å². The second-order valence-corrected chi connectivity index (χ2v) is 4.06. The second-order valence-electron chi connectivity index (χ2n) is 4.06. The Bertz CT molecular complexity index is 403. The summed E-state index contributed by atoms with van der Waals surface area (Å²) in [6, 6.07) is 5.58. The predicted molar refractivity (Wildman–Crippen MR) is 61.5 cm³/mol. The van der Waals surface area contributed by atoms with Crippen LogP contribution in [0.4, 0.5) is 5.82 Å². The van der Waals surface area contributed by atoms with Crippen molar-refractivity contribution in [2.24, 2.45) is 11.8 Å². The van der Waals surface area contributed by atoms with Crippen LogP contribution in [0.5, 0.6) is 0 Å². The first-order chi connectivity index (χ1) is 7.54. The van der Waals surface area contributed by atoms with E-state index < -0.39 is 5.92 Å². The van der Waals surface area contributed by atoms with Gasteiger partial charge in [-0.2, -0.15) is 5.26 Å². The number of nitrogens with one attached hydrogen (secondary N) is 1. The molecule has 4 nitrogen and oxygen atoms in total. The number of hydrogen-bond acceptors (Lipinski definition) is 3. The summed E-state index contributed by atoms with van der Waals surface area (Å²) in [5.41, 5.74) is 1.03. The van der Waals surface area contributed by atoms with Crippen LogP contribution in [0.3, 0.4) is 0 Å². The van der Waals surface area contributed by atoms with E-state index in [4.69, 9.17) is 5.26 Å². The predicted octanol–water partition coefficient (Wildman–Crippen LogP) is 2.12. The number of hydrogen-bond donors (Lipinski definition) is 1. The van der Waals surface area contributed by atoms with Crippen LogP contribution in [0, 0.1) is 30.1 Å². The monoisotopic (exact) mass is 217 g/mol. The molecule has 0 aliphatic heterocycles. The molecule has 1 N–H and O–H groups in total. The van der Waals surface area contributed by atoms with Crippen molar-refractivity contribution in [3.05, 3.63) is 23.9 Å². The summed E-state index contributed by atoms with van der Waals surface area (Å²) in [6.45, 7) is 5.61. The molecule has 0 aliphatic carbocycles. The van der Waals surface area contributed by atoms with Crippen LogP contribution in [0.2, 0.25) is 0 Å². The van der Waals surface area contributed by atoms with Gasteiger partial charge < -0.3 is 5.32 Å². The molecule has 0 saturated carbocycles. The fraction of sp³-hybridized carbons (Fsp3) is 0.417. The van der Waals surface area contributed by atoms with E-state index in [0.717, 1.165) is 5.56 Å². The Labute approximate surface area is 95.3 Å². The van der Waals surface area contributed by atoms with Crippen LogP contribution < -0.4 is 5.32 Å². The van der Waals surface area contributed by atoms with E-state index in [1.807, 2.05) is 32.9 Å². The molecule has 16 heavy (non-hydrogen) atoms. The number of amides is 1. The maximum Gasteiger partial charge on any atom is 0.243 e. The molecule has 0 aliphatic rings. The van der Waals surface area contributed by atoms with E-state index >= 15 is 0 Å². The summed E-state index contributed by atoms with van der Waals surface area (Å²) >= 11 is 0. The number of rotatable bonds is 3. The molecule has 1 amide bonds. The maximum absolute atomic E-state index is 11.7. The zero-order chi connectivity index (χ0) is 12.1. The Morgan fingerprint density at radius 1 is 1.50 bits per heavy atom. The highest BCUT2D eigenvalue weighted by molar-refractivity contribution is 5.93. The Hall–Kier alpha value is -1.89. The normalized spacial score (nSPS) is 11.9. The van der Waals surface area contributed by atoms with Gasteiger partial charge in [-0.25, -0.2) is 4.98 Å². The van der Waals surface area contributed by atoms with E-state index in [1.54, 1.807) is 12.3 Å². The summed E-state index contributed by atoms with van der Waals surface area (Å²) in [5.74, 6) is -0.455. The fourth-order valence-electron chi connectivity index (χ4n) is 1.26. The summed E-state index contributed by atoms with van der Waals surface area (Å²) in [7, 11) is 0. The van der Waals surface area contributed by atoms with Gasteiger partial charge in [-0.05, 0) is 24.5 Å². The van der Waals surface area contributed by atoms with Crippen molar-refractivity contribution in [2.45, 2.75) is 20.8 Å². The molecular formula is C12H15N3O. The number of nitriles is 1. The van der Waals surface area contributed by atoms with Crippen LogP contribution in [0.15, 0.2) is 18.3 Å². The zero-order valence-electron chi connectivity index (χ0n) is 9.69. The number of carbonyl (C=O) groups excluding carboxylic acids is 1. The van der Waals surface area contributed by atoms with Crippen molar-refractivity contribution in [2.75, 3.05) is 5.32 Å². The van der Waals surface area contributed by atoms with Gasteiger partial charge in [0.05, 0.1) is 6.07 Å². The van der Waals surface area contributed by atoms with E-state index in [0.29, 0.717) is 5.82 Å². The van der Waals surface area contributed by atoms with E-state index in [-0.39, 0.29) is 11.8 Å². The Balaban J connectivity index is 2.71. The standard InChI is InChI=1S/C12H15N3O/c1-8(2)10(6-13)12(16)15-11-5-4-9(3)7-14-11/h4-5,7-8,10H,1-3H3,(H,14,15,16). The Morgan fingerprint density at radius 3 is 2.62 bits per heavy atom. The lowest BCUT2D eigenvalue weighted by molar-refractivity contribution is -0.119. The second kappa shape index (κ2) is 5.26. The first-order valence-electron chi connectivity index (χ1n) is 5.17. The molecular weight excluding hydrogens is 202 g/mol. The smallest absolute Gasteiger partial charge is 0.243 e. The number of pyridine rings is 1. The average Bonchev–Trinajstić information content (AvgIpc) is 2.22. The van der Waals surface area contributed by atoms with Crippen molar-refractivity contribution >= 4 is 11.7 Å². The van der Waals surface area contributed by atoms with Gasteiger partial charge in [0, 0.05) is 6.20 Å². The third kappa shape index (κ3) is 3.06. The fourth-order valence-corrected chi connectivity index (χ4v) is 1.26. The highest BCUT2D eigenvalue weighted by Crippen LogP contribution is 2.12. The van der Waals surface area contributed by atoms with E-state index in [9.17, 15) is 4.79 Å². The third-order valence-electron chi connectivity index (χ3n) is 2.25. The third-order valence-corrected chi connectivity index (χ3v) is 2.25. The molecule has 0 aromatic carbocycles. The van der Waals surface area contributed by atoms with Gasteiger partial charge in [0.25, 0.3) is 0 Å². The van der Waals surface area contributed by atoms with E-state index in [2.05, 4.69) is 10.3 Å². The summed E-state index contributed by atoms with van der Waals surface area (Å²) < 4.78 is 0. The molecule has 0 bridgehead atoms. The molecule has 0 spiro atoms. The molecule has 0 fully saturated rings. The molecule has 1 aromatic rings. The minimum Gasteiger partial charge on any atom is -0.310 e. The number of carbonyl (C=O) groups is 1. The van der Waals surface area contributed by atoms with Crippen LogP contribution in [-0.4, -0.2) is 10.9 Å². The van der Waals surface area contributed by atoms with Gasteiger partial charge in [0.1, 0.15) is 11.7 Å². The number of aromatic nitrogens is 1. The van der Waals surface area contributed by atoms with Crippen LogP contribution in [0.25, 0.3) is 0 Å². The lowest BCUT2D eigenvalue weighted by Gasteiger charge is -2.12. The molecule has 1 rings (SSSR count). The number of aryl methyl sites for hydroxylation is 1. The number of anilines is 1. The first kappa shape index (κ1) is 12.2. The summed E-state index contributed by atoms with van der Waals surface area (Å²) in [6.07, 6.45) is 1.67. The maximum atomic E-state index is 11.7.